The third-order valence-electron chi connectivity index (χ3n) is 5.58. The summed E-state index contributed by atoms with van der Waals surface area (Å²) in [6, 6.07) is 16.1. The second kappa shape index (κ2) is 13.0. The zero-order valence-corrected chi connectivity index (χ0v) is 21.7. The van der Waals surface area contributed by atoms with Gasteiger partial charge in [0.2, 0.25) is 5.91 Å². The number of aromatic carboxylic acids is 1. The monoisotopic (exact) mass is 521 g/mol. The molecule has 4 N–H and O–H groups in total. The maximum Gasteiger partial charge on any atom is 0.335 e. The van der Waals surface area contributed by atoms with Crippen LogP contribution in [0.5, 0.6) is 17.2 Å². The molecule has 3 rings (SSSR count). The molecule has 10 heteroatoms. The van der Waals surface area contributed by atoms with E-state index in [1.807, 2.05) is 31.2 Å². The van der Waals surface area contributed by atoms with Gasteiger partial charge in [-0.2, -0.15) is 0 Å². The number of anilines is 2. The van der Waals surface area contributed by atoms with Crippen LogP contribution >= 0.6 is 0 Å². The summed E-state index contributed by atoms with van der Waals surface area (Å²) in [6.07, 6.45) is 0.0903. The summed E-state index contributed by atoms with van der Waals surface area (Å²) in [4.78, 5) is 36.2. The molecule has 0 radical (unpaired) electrons. The third-order valence-corrected chi connectivity index (χ3v) is 5.58. The Bertz CT molecular complexity index is 1310. The number of hydrogen-bond acceptors (Lipinski definition) is 6. The molecule has 0 aliphatic heterocycles. The fourth-order valence-corrected chi connectivity index (χ4v) is 3.63. The lowest BCUT2D eigenvalue weighted by Gasteiger charge is -2.17. The van der Waals surface area contributed by atoms with Crippen LogP contribution < -0.4 is 30.2 Å². The van der Waals surface area contributed by atoms with Crippen LogP contribution in [-0.4, -0.2) is 49.9 Å². The Kier molecular flexibility index (Phi) is 9.53. The van der Waals surface area contributed by atoms with Crippen molar-refractivity contribution in [3.8, 4) is 17.2 Å². The molecular weight excluding hydrogens is 490 g/mol. The number of urea groups is 1. The first-order chi connectivity index (χ1) is 18.2. The third kappa shape index (κ3) is 7.63. The maximum absolute atomic E-state index is 12.6. The Balaban J connectivity index is 1.54. The van der Waals surface area contributed by atoms with E-state index in [4.69, 9.17) is 19.3 Å². The summed E-state index contributed by atoms with van der Waals surface area (Å²) in [5, 5.41) is 17.5. The molecule has 3 aromatic rings. The van der Waals surface area contributed by atoms with Crippen molar-refractivity contribution < 1.29 is 33.7 Å². The standard InChI is InChI=1S/C28H31N3O7/c1-17-7-5-6-8-21(17)30-28(35)31-22-11-9-19(13-24(22)36-3)14-26(32)29-18(2)16-38-23-12-10-20(27(33)34)15-25(23)37-4/h5-13,15,18H,14,16H2,1-4H3,(H,29,32)(H,33,34)(H2,30,31,35)/t18-/m1/s1. The molecule has 38 heavy (non-hydrogen) atoms. The highest BCUT2D eigenvalue weighted by atomic mass is 16.5. The van der Waals surface area contributed by atoms with E-state index in [1.54, 1.807) is 25.1 Å². The molecule has 3 amide bonds. The van der Waals surface area contributed by atoms with Crippen LogP contribution in [0.15, 0.2) is 60.7 Å². The highest BCUT2D eigenvalue weighted by molar-refractivity contribution is 6.01. The Morgan fingerprint density at radius 3 is 2.26 bits per heavy atom. The van der Waals surface area contributed by atoms with Crippen LogP contribution in [0.25, 0.3) is 0 Å². The SMILES string of the molecule is COc1cc(CC(=O)N[C@H](C)COc2ccc(C(=O)O)cc2OC)ccc1NC(=O)Nc1ccccc1C. The number of aryl methyl sites for hydroxylation is 1. The smallest absolute Gasteiger partial charge is 0.335 e. The Labute approximate surface area is 220 Å². The normalized spacial score (nSPS) is 11.2. The van der Waals surface area contributed by atoms with Gasteiger partial charge in [-0.05, 0) is 61.4 Å². The second-order valence-electron chi connectivity index (χ2n) is 8.56. The van der Waals surface area contributed by atoms with Crippen molar-refractivity contribution in [1.29, 1.82) is 0 Å². The van der Waals surface area contributed by atoms with Crippen LogP contribution in [0.4, 0.5) is 16.2 Å². The topological polar surface area (TPSA) is 135 Å². The van der Waals surface area contributed by atoms with Crippen molar-refractivity contribution in [2.24, 2.45) is 0 Å². The molecule has 3 aromatic carbocycles. The average molecular weight is 522 g/mol. The minimum absolute atomic E-state index is 0.0825. The number of nitrogens with one attached hydrogen (secondary N) is 3. The van der Waals surface area contributed by atoms with E-state index in [9.17, 15) is 14.4 Å². The molecule has 0 aromatic heterocycles. The van der Waals surface area contributed by atoms with Gasteiger partial charge in [0.05, 0.1) is 37.9 Å². The molecule has 0 saturated carbocycles. The van der Waals surface area contributed by atoms with Gasteiger partial charge in [0, 0.05) is 5.69 Å². The number of carboxylic acids is 1. The number of methoxy groups -OCH3 is 2. The summed E-state index contributed by atoms with van der Waals surface area (Å²) in [5.74, 6) is -0.214. The van der Waals surface area contributed by atoms with Gasteiger partial charge >= 0.3 is 12.0 Å². The van der Waals surface area contributed by atoms with E-state index < -0.39 is 12.0 Å². The van der Waals surface area contributed by atoms with Crippen LogP contribution in [0, 0.1) is 6.92 Å². The molecule has 1 atom stereocenters. The van der Waals surface area contributed by atoms with Gasteiger partial charge in [0.25, 0.3) is 0 Å². The van der Waals surface area contributed by atoms with E-state index >= 15 is 0 Å². The van der Waals surface area contributed by atoms with Gasteiger partial charge in [0.15, 0.2) is 11.5 Å². The fraction of sp³-hybridized carbons (Fsp3) is 0.250. The summed E-state index contributed by atoms with van der Waals surface area (Å²) in [7, 11) is 2.91. The van der Waals surface area contributed by atoms with Gasteiger partial charge in [-0.3, -0.25) is 4.79 Å². The molecule has 0 aliphatic rings. The van der Waals surface area contributed by atoms with Crippen molar-refractivity contribution in [2.45, 2.75) is 26.3 Å². The summed E-state index contributed by atoms with van der Waals surface area (Å²) < 4.78 is 16.3. The molecule has 0 spiro atoms. The number of hydrogen-bond donors (Lipinski definition) is 4. The van der Waals surface area contributed by atoms with Gasteiger partial charge in [-0.1, -0.05) is 24.3 Å². The molecule has 200 valence electrons. The quantitative estimate of drug-likeness (QED) is 0.292. The van der Waals surface area contributed by atoms with Gasteiger partial charge < -0.3 is 35.3 Å². The largest absolute Gasteiger partial charge is 0.495 e. The first kappa shape index (κ1) is 27.9. The zero-order chi connectivity index (χ0) is 27.7. The van der Waals surface area contributed by atoms with Gasteiger partial charge in [-0.25, -0.2) is 9.59 Å². The molecule has 0 bridgehead atoms. The Morgan fingerprint density at radius 2 is 1.58 bits per heavy atom. The molecule has 0 aliphatic carbocycles. The van der Waals surface area contributed by atoms with Crippen molar-refractivity contribution in [3.05, 3.63) is 77.4 Å². The van der Waals surface area contributed by atoms with Crippen molar-refractivity contribution >= 4 is 29.3 Å². The molecule has 0 unspecified atom stereocenters. The number of carbonyl (C=O) groups is 3. The second-order valence-corrected chi connectivity index (χ2v) is 8.56. The number of benzene rings is 3. The lowest BCUT2D eigenvalue weighted by Crippen LogP contribution is -2.37. The number of amides is 3. The number of carbonyl (C=O) groups excluding carboxylic acids is 2. The highest BCUT2D eigenvalue weighted by Gasteiger charge is 2.15. The minimum atomic E-state index is -1.07. The van der Waals surface area contributed by atoms with Crippen LogP contribution in [-0.2, 0) is 11.2 Å². The van der Waals surface area contributed by atoms with E-state index in [0.29, 0.717) is 28.4 Å². The maximum atomic E-state index is 12.6. The number of ether oxygens (including phenoxy) is 3. The average Bonchev–Trinajstić information content (AvgIpc) is 2.89. The predicted molar refractivity (Wildman–Crippen MR) is 144 cm³/mol. The molecular formula is C28H31N3O7. The van der Waals surface area contributed by atoms with Crippen LogP contribution in [0.3, 0.4) is 0 Å². The summed E-state index contributed by atoms with van der Waals surface area (Å²) >= 11 is 0. The fourth-order valence-electron chi connectivity index (χ4n) is 3.63. The zero-order valence-electron chi connectivity index (χ0n) is 21.7. The highest BCUT2D eigenvalue weighted by Crippen LogP contribution is 2.28. The molecule has 0 heterocycles. The van der Waals surface area contributed by atoms with Crippen molar-refractivity contribution in [1.82, 2.24) is 5.32 Å². The molecule has 0 fully saturated rings. The Hall–Kier alpha value is -4.73. The van der Waals surface area contributed by atoms with Gasteiger partial charge in [0.1, 0.15) is 12.4 Å². The number of rotatable bonds is 11. The van der Waals surface area contributed by atoms with E-state index in [-0.39, 0.29) is 36.3 Å². The van der Waals surface area contributed by atoms with E-state index in [1.165, 1.54) is 32.4 Å². The summed E-state index contributed by atoms with van der Waals surface area (Å²) in [6.45, 7) is 3.84. The van der Waals surface area contributed by atoms with E-state index in [0.717, 1.165) is 5.56 Å². The lowest BCUT2D eigenvalue weighted by atomic mass is 10.1. The predicted octanol–water partition coefficient (Wildman–Crippen LogP) is 4.48. The van der Waals surface area contributed by atoms with Crippen molar-refractivity contribution in [2.75, 3.05) is 31.5 Å². The lowest BCUT2D eigenvalue weighted by molar-refractivity contribution is -0.121. The van der Waals surface area contributed by atoms with Crippen molar-refractivity contribution in [3.63, 3.8) is 0 Å². The summed E-state index contributed by atoms with van der Waals surface area (Å²) in [5.41, 5.74) is 2.88. The number of carboxylic acid groups (broad SMARTS) is 1. The minimum Gasteiger partial charge on any atom is -0.495 e. The molecule has 0 saturated heterocycles. The van der Waals surface area contributed by atoms with Gasteiger partial charge in [-0.15, -0.1) is 0 Å². The number of para-hydroxylation sites is 1. The molecule has 10 nitrogen and oxygen atoms in total. The first-order valence-corrected chi connectivity index (χ1v) is 11.8. The van der Waals surface area contributed by atoms with Crippen LogP contribution in [0.2, 0.25) is 0 Å². The Morgan fingerprint density at radius 1 is 0.868 bits per heavy atom. The van der Waals surface area contributed by atoms with Crippen LogP contribution in [0.1, 0.15) is 28.4 Å². The van der Waals surface area contributed by atoms with E-state index in [2.05, 4.69) is 16.0 Å². The first-order valence-electron chi connectivity index (χ1n) is 11.8.